The maximum absolute atomic E-state index is 13.4. The minimum Gasteiger partial charge on any atom is -0.340 e. The van der Waals surface area contributed by atoms with Crippen LogP contribution in [0.3, 0.4) is 0 Å². The summed E-state index contributed by atoms with van der Waals surface area (Å²) in [5, 5.41) is 9.11. The van der Waals surface area contributed by atoms with Gasteiger partial charge in [0.15, 0.2) is 0 Å². The molecule has 2 heterocycles. The predicted octanol–water partition coefficient (Wildman–Crippen LogP) is 7.28. The van der Waals surface area contributed by atoms with Crippen LogP contribution >= 0.6 is 33.9 Å². The molecule has 1 unspecified atom stereocenters. The fourth-order valence-electron chi connectivity index (χ4n) is 2.92. The summed E-state index contributed by atoms with van der Waals surface area (Å²) in [6.45, 7) is 1.98. The van der Waals surface area contributed by atoms with Crippen molar-refractivity contribution in [2.24, 2.45) is 0 Å². The van der Waals surface area contributed by atoms with Crippen LogP contribution in [0.15, 0.2) is 78.2 Å². The van der Waals surface area contributed by atoms with Gasteiger partial charge in [-0.15, -0.1) is 0 Å². The van der Waals surface area contributed by atoms with E-state index in [9.17, 15) is 4.39 Å². The molecule has 0 spiro atoms. The molecule has 33 heavy (non-hydrogen) atoms. The molecular formula is C23H19Cl2FN6S. The van der Waals surface area contributed by atoms with Crippen LogP contribution < -0.4 is 15.4 Å². The number of aromatic nitrogens is 3. The van der Waals surface area contributed by atoms with Crippen molar-refractivity contribution in [1.29, 1.82) is 0 Å². The Labute approximate surface area is 203 Å². The number of hydrogen-bond donors (Lipinski definition) is 3. The Bertz CT molecular complexity index is 1320. The van der Waals surface area contributed by atoms with Crippen LogP contribution in [0, 0.1) is 5.82 Å². The maximum Gasteiger partial charge on any atom is 0.141 e. The molecule has 0 aliphatic rings. The number of benzene rings is 2. The van der Waals surface area contributed by atoms with Crippen LogP contribution in [-0.4, -0.2) is 20.3 Å². The van der Waals surface area contributed by atoms with Crippen LogP contribution in [0.1, 0.15) is 6.92 Å². The van der Waals surface area contributed by atoms with Gasteiger partial charge in [0.25, 0.3) is 0 Å². The number of rotatable bonds is 7. The molecule has 6 nitrogen and oxygen atoms in total. The van der Waals surface area contributed by atoms with Crippen molar-refractivity contribution in [3.05, 3.63) is 89.2 Å². The first-order chi connectivity index (χ1) is 16.0. The number of hydrogen-bond acceptors (Lipinski definition) is 6. The van der Waals surface area contributed by atoms with Crippen LogP contribution in [0.25, 0.3) is 0 Å². The van der Waals surface area contributed by atoms with Crippen LogP contribution in [0.4, 0.5) is 33.1 Å². The summed E-state index contributed by atoms with van der Waals surface area (Å²) in [7, 11) is -0.412. The first-order valence-electron chi connectivity index (χ1n) is 9.82. The standard InChI is InChI=1S/C23H19Cl2FN6S/c1-2-33(21-13-27-9-8-18(21)24)32-17-5-3-4-15(10-17)30-22-12-23(29-14-28-22)31-16-6-7-20(26)19(25)11-16/h2-14,32H,1H3,(H2,28,29,30,31). The van der Waals surface area contributed by atoms with E-state index < -0.39 is 16.5 Å². The molecule has 0 bridgehead atoms. The zero-order chi connectivity index (χ0) is 23.2. The number of nitrogens with one attached hydrogen (secondary N) is 3. The molecule has 168 valence electrons. The summed E-state index contributed by atoms with van der Waals surface area (Å²) in [5.74, 6) is 0.655. The number of halogens is 3. The third-order valence-corrected chi connectivity index (χ3v) is 6.89. The molecule has 2 aromatic carbocycles. The van der Waals surface area contributed by atoms with Crippen LogP contribution in [-0.2, 0) is 0 Å². The van der Waals surface area contributed by atoms with Gasteiger partial charge in [-0.2, -0.15) is 0 Å². The Morgan fingerprint density at radius 1 is 0.879 bits per heavy atom. The number of anilines is 5. The lowest BCUT2D eigenvalue weighted by Gasteiger charge is -2.15. The van der Waals surface area contributed by atoms with E-state index >= 15 is 0 Å². The molecule has 0 saturated heterocycles. The molecule has 4 rings (SSSR count). The summed E-state index contributed by atoms with van der Waals surface area (Å²) in [6, 6.07) is 15.7. The highest BCUT2D eigenvalue weighted by atomic mass is 35.5. The van der Waals surface area contributed by atoms with Crippen molar-refractivity contribution in [1.82, 2.24) is 15.0 Å². The Morgan fingerprint density at radius 3 is 2.30 bits per heavy atom. The topological polar surface area (TPSA) is 74.8 Å². The van der Waals surface area contributed by atoms with Crippen molar-refractivity contribution in [3.8, 4) is 0 Å². The molecule has 0 fully saturated rings. The Balaban J connectivity index is 1.49. The van der Waals surface area contributed by atoms with E-state index in [4.69, 9.17) is 23.2 Å². The van der Waals surface area contributed by atoms with Gasteiger partial charge in [0.1, 0.15) is 23.8 Å². The van der Waals surface area contributed by atoms with Gasteiger partial charge >= 0.3 is 0 Å². The molecule has 0 aliphatic heterocycles. The normalized spacial score (nSPS) is 11.8. The van der Waals surface area contributed by atoms with Gasteiger partial charge in [-0.05, 0) is 54.8 Å². The second kappa shape index (κ2) is 10.6. The second-order valence-corrected chi connectivity index (χ2v) is 9.34. The van der Waals surface area contributed by atoms with Crippen molar-refractivity contribution >= 4 is 67.9 Å². The van der Waals surface area contributed by atoms with Gasteiger partial charge in [0, 0.05) is 35.5 Å². The monoisotopic (exact) mass is 500 g/mol. The Kier molecular flexibility index (Phi) is 7.39. The predicted molar refractivity (Wildman–Crippen MR) is 137 cm³/mol. The fraction of sp³-hybridized carbons (Fsp3) is 0.0435. The summed E-state index contributed by atoms with van der Waals surface area (Å²) in [4.78, 5) is 13.6. The first kappa shape index (κ1) is 23.0. The van der Waals surface area contributed by atoms with Gasteiger partial charge in [-0.3, -0.25) is 4.98 Å². The lowest BCUT2D eigenvalue weighted by Crippen LogP contribution is -1.99. The zero-order valence-electron chi connectivity index (χ0n) is 17.4. The van der Waals surface area contributed by atoms with E-state index in [-0.39, 0.29) is 5.02 Å². The lowest BCUT2D eigenvalue weighted by atomic mass is 10.3. The molecule has 4 aromatic rings. The van der Waals surface area contributed by atoms with E-state index in [1.54, 1.807) is 30.6 Å². The van der Waals surface area contributed by atoms with Crippen molar-refractivity contribution in [2.75, 3.05) is 15.4 Å². The smallest absolute Gasteiger partial charge is 0.141 e. The van der Waals surface area contributed by atoms with Gasteiger partial charge < -0.3 is 15.4 Å². The van der Waals surface area contributed by atoms with Crippen molar-refractivity contribution in [2.45, 2.75) is 11.8 Å². The van der Waals surface area contributed by atoms with Gasteiger partial charge in [-0.25, -0.2) is 14.4 Å². The summed E-state index contributed by atoms with van der Waals surface area (Å²) >= 11 is 12.2. The molecule has 1 atom stereocenters. The zero-order valence-corrected chi connectivity index (χ0v) is 19.7. The molecular weight excluding hydrogens is 482 g/mol. The van der Waals surface area contributed by atoms with E-state index in [0.29, 0.717) is 22.3 Å². The Hall–Kier alpha value is -3.20. The average Bonchev–Trinajstić information content (AvgIpc) is 2.81. The van der Waals surface area contributed by atoms with E-state index in [1.807, 2.05) is 36.6 Å². The highest BCUT2D eigenvalue weighted by Crippen LogP contribution is 2.33. The van der Waals surface area contributed by atoms with E-state index in [1.165, 1.54) is 18.5 Å². The Morgan fingerprint density at radius 2 is 1.61 bits per heavy atom. The average molecular weight is 501 g/mol. The van der Waals surface area contributed by atoms with Crippen molar-refractivity contribution < 1.29 is 4.39 Å². The molecule has 0 aliphatic carbocycles. The third kappa shape index (κ3) is 5.98. The summed E-state index contributed by atoms with van der Waals surface area (Å²) in [6.07, 6.45) is 4.87. The molecule has 0 saturated carbocycles. The summed E-state index contributed by atoms with van der Waals surface area (Å²) in [5.41, 5.74) is 2.37. The minimum absolute atomic E-state index is 0.0348. The maximum atomic E-state index is 13.4. The molecule has 0 amide bonds. The number of pyridine rings is 1. The second-order valence-electron chi connectivity index (χ2n) is 6.73. The first-order valence-corrected chi connectivity index (χ1v) is 11.9. The van der Waals surface area contributed by atoms with Gasteiger partial charge in [0.05, 0.1) is 14.9 Å². The van der Waals surface area contributed by atoms with Gasteiger partial charge in [0.2, 0.25) is 0 Å². The largest absolute Gasteiger partial charge is 0.340 e. The third-order valence-electron chi connectivity index (χ3n) is 4.43. The number of nitrogens with zero attached hydrogens (tertiary/aromatic N) is 3. The van der Waals surface area contributed by atoms with Gasteiger partial charge in [-0.1, -0.05) is 39.9 Å². The van der Waals surface area contributed by atoms with E-state index in [0.717, 1.165) is 16.3 Å². The molecule has 10 heteroatoms. The molecule has 0 radical (unpaired) electrons. The van der Waals surface area contributed by atoms with Crippen LogP contribution in [0.2, 0.25) is 10.0 Å². The SMILES string of the molecule is C/C=S(/Nc1cccc(Nc2cc(Nc3ccc(F)c(Cl)c3)ncn2)c1)c1cnccc1Cl. The van der Waals surface area contributed by atoms with Crippen LogP contribution in [0.5, 0.6) is 0 Å². The minimum atomic E-state index is -0.477. The van der Waals surface area contributed by atoms with E-state index in [2.05, 4.69) is 30.3 Å². The molecule has 3 N–H and O–H groups in total. The lowest BCUT2D eigenvalue weighted by molar-refractivity contribution is 0.628. The highest BCUT2D eigenvalue weighted by molar-refractivity contribution is 8.16. The highest BCUT2D eigenvalue weighted by Gasteiger charge is 2.07. The fourth-order valence-corrected chi connectivity index (χ4v) is 4.77. The summed E-state index contributed by atoms with van der Waals surface area (Å²) < 4.78 is 16.9. The quantitative estimate of drug-likeness (QED) is 0.231. The van der Waals surface area contributed by atoms with Crippen molar-refractivity contribution in [3.63, 3.8) is 0 Å². The molecule has 2 aromatic heterocycles.